The van der Waals surface area contributed by atoms with Crippen molar-refractivity contribution >= 4 is 51.1 Å². The number of carboxylic acid groups (broad SMARTS) is 1. The molecule has 0 aliphatic rings. The fourth-order valence-corrected chi connectivity index (χ4v) is 1.92. The Kier molecular flexibility index (Phi) is 5.74. The lowest BCUT2D eigenvalue weighted by Crippen LogP contribution is -2.38. The molecule has 0 heterocycles. The number of urea groups is 1. The van der Waals surface area contributed by atoms with Gasteiger partial charge in [0.2, 0.25) is 5.91 Å². The first-order chi connectivity index (χ1) is 9.61. The number of carbonyl (C=O) groups is 3. The van der Waals surface area contributed by atoms with E-state index in [1.807, 2.05) is 0 Å². The summed E-state index contributed by atoms with van der Waals surface area (Å²) in [7, 11) is 0. The molecule has 3 N–H and O–H groups in total. The Morgan fingerprint density at radius 1 is 1.33 bits per heavy atom. The summed E-state index contributed by atoms with van der Waals surface area (Å²) in [5.41, 5.74) is -0.925. The molecular weight excluding hydrogens is 364 g/mol. The number of amides is 3. The summed E-state index contributed by atoms with van der Waals surface area (Å²) in [5, 5.41) is 13.7. The molecule has 114 valence electrons. The van der Waals surface area contributed by atoms with Gasteiger partial charge < -0.3 is 10.4 Å². The highest BCUT2D eigenvalue weighted by Crippen LogP contribution is 2.25. The van der Waals surface area contributed by atoms with E-state index in [1.165, 1.54) is 13.8 Å². The van der Waals surface area contributed by atoms with E-state index in [0.717, 1.165) is 0 Å². The lowest BCUT2D eigenvalue weighted by molar-refractivity contribution is -0.149. The minimum Gasteiger partial charge on any atom is -0.481 e. The van der Waals surface area contributed by atoms with Crippen LogP contribution in [0.2, 0.25) is 5.02 Å². The van der Waals surface area contributed by atoms with Crippen molar-refractivity contribution in [3.05, 3.63) is 27.7 Å². The van der Waals surface area contributed by atoms with E-state index in [9.17, 15) is 14.4 Å². The first-order valence-electron chi connectivity index (χ1n) is 5.91. The Morgan fingerprint density at radius 3 is 2.52 bits per heavy atom. The third-order valence-electron chi connectivity index (χ3n) is 2.61. The predicted octanol–water partition coefficient (Wildman–Crippen LogP) is 3.25. The first kappa shape index (κ1) is 17.5. The molecule has 8 heteroatoms. The summed E-state index contributed by atoms with van der Waals surface area (Å²) < 4.78 is 0.709. The number of anilines is 1. The molecule has 0 atom stereocenters. The normalized spacial score (nSPS) is 10.9. The van der Waals surface area contributed by atoms with E-state index in [2.05, 4.69) is 26.6 Å². The van der Waals surface area contributed by atoms with Crippen LogP contribution in [-0.4, -0.2) is 23.0 Å². The minimum absolute atomic E-state index is 0.312. The maximum absolute atomic E-state index is 11.7. The molecular formula is C13H14BrClN2O4. The lowest BCUT2D eigenvalue weighted by atomic mass is 9.89. The van der Waals surface area contributed by atoms with Crippen molar-refractivity contribution in [3.8, 4) is 0 Å². The molecule has 0 bridgehead atoms. The van der Waals surface area contributed by atoms with Crippen molar-refractivity contribution in [1.82, 2.24) is 5.32 Å². The standard InChI is InChI=1S/C13H14BrClN2O4/c1-13(2,11(19)20)6-10(18)17-12(21)16-9-5-7(14)3-4-8(9)15/h3-5H,6H2,1-2H3,(H,19,20)(H2,16,17,18,21). The average molecular weight is 378 g/mol. The second-order valence-corrected chi connectivity index (χ2v) is 6.32. The van der Waals surface area contributed by atoms with Crippen LogP contribution in [0.3, 0.4) is 0 Å². The fraction of sp³-hybridized carbons (Fsp3) is 0.308. The summed E-state index contributed by atoms with van der Waals surface area (Å²) in [4.78, 5) is 34.2. The lowest BCUT2D eigenvalue weighted by Gasteiger charge is -2.18. The van der Waals surface area contributed by atoms with Gasteiger partial charge in [-0.2, -0.15) is 0 Å². The zero-order valence-corrected chi connectivity index (χ0v) is 13.7. The monoisotopic (exact) mass is 376 g/mol. The number of carboxylic acids is 1. The van der Waals surface area contributed by atoms with Crippen molar-refractivity contribution < 1.29 is 19.5 Å². The van der Waals surface area contributed by atoms with Gasteiger partial charge in [0.1, 0.15) is 0 Å². The summed E-state index contributed by atoms with van der Waals surface area (Å²) in [6.45, 7) is 2.80. The molecule has 0 aromatic heterocycles. The van der Waals surface area contributed by atoms with Crippen LogP contribution in [0.4, 0.5) is 10.5 Å². The van der Waals surface area contributed by atoms with Crippen molar-refractivity contribution in [2.75, 3.05) is 5.32 Å². The Morgan fingerprint density at radius 2 is 1.95 bits per heavy atom. The van der Waals surface area contributed by atoms with E-state index in [-0.39, 0.29) is 6.42 Å². The largest absolute Gasteiger partial charge is 0.481 e. The van der Waals surface area contributed by atoms with Gasteiger partial charge in [0.25, 0.3) is 0 Å². The van der Waals surface area contributed by atoms with E-state index in [4.69, 9.17) is 16.7 Å². The molecule has 0 unspecified atom stereocenters. The van der Waals surface area contributed by atoms with E-state index in [0.29, 0.717) is 15.2 Å². The smallest absolute Gasteiger partial charge is 0.325 e. The summed E-state index contributed by atoms with van der Waals surface area (Å²) in [5.74, 6) is -1.81. The zero-order chi connectivity index (χ0) is 16.2. The Bertz CT molecular complexity index is 590. The van der Waals surface area contributed by atoms with E-state index < -0.39 is 23.3 Å². The van der Waals surface area contributed by atoms with Crippen LogP contribution in [0.25, 0.3) is 0 Å². The molecule has 0 fully saturated rings. The SMILES string of the molecule is CC(C)(CC(=O)NC(=O)Nc1cc(Br)ccc1Cl)C(=O)O. The highest BCUT2D eigenvalue weighted by Gasteiger charge is 2.30. The number of carbonyl (C=O) groups excluding carboxylic acids is 2. The molecule has 0 spiro atoms. The molecule has 0 aliphatic heterocycles. The number of hydrogen-bond acceptors (Lipinski definition) is 3. The van der Waals surface area contributed by atoms with Gasteiger partial charge in [-0.1, -0.05) is 27.5 Å². The molecule has 1 aromatic rings. The predicted molar refractivity (Wildman–Crippen MR) is 82.3 cm³/mol. The van der Waals surface area contributed by atoms with Crippen LogP contribution in [-0.2, 0) is 9.59 Å². The van der Waals surface area contributed by atoms with Crippen LogP contribution in [0.5, 0.6) is 0 Å². The van der Waals surface area contributed by atoms with Gasteiger partial charge in [-0.25, -0.2) is 4.79 Å². The third kappa shape index (κ3) is 5.35. The average Bonchev–Trinajstić information content (AvgIpc) is 2.32. The minimum atomic E-state index is -1.25. The van der Waals surface area contributed by atoms with Crippen molar-refractivity contribution in [2.45, 2.75) is 20.3 Å². The zero-order valence-electron chi connectivity index (χ0n) is 11.4. The van der Waals surface area contributed by atoms with Crippen LogP contribution < -0.4 is 10.6 Å². The maximum Gasteiger partial charge on any atom is 0.325 e. The first-order valence-corrected chi connectivity index (χ1v) is 7.08. The number of aliphatic carboxylic acids is 1. The molecule has 3 amide bonds. The summed E-state index contributed by atoms with van der Waals surface area (Å²) >= 11 is 9.13. The Hall–Kier alpha value is -1.60. The molecule has 0 saturated heterocycles. The number of nitrogens with one attached hydrogen (secondary N) is 2. The topological polar surface area (TPSA) is 95.5 Å². The molecule has 1 aromatic carbocycles. The number of benzene rings is 1. The second kappa shape index (κ2) is 6.91. The van der Waals surface area contributed by atoms with Crippen LogP contribution in [0, 0.1) is 5.41 Å². The quantitative estimate of drug-likeness (QED) is 0.750. The number of imide groups is 1. The fourth-order valence-electron chi connectivity index (χ4n) is 1.39. The van der Waals surface area contributed by atoms with Gasteiger partial charge in [-0.3, -0.25) is 14.9 Å². The summed E-state index contributed by atoms with van der Waals surface area (Å²) in [6.07, 6.45) is -0.317. The molecule has 21 heavy (non-hydrogen) atoms. The highest BCUT2D eigenvalue weighted by atomic mass is 79.9. The molecule has 0 radical (unpaired) electrons. The van der Waals surface area contributed by atoms with E-state index in [1.54, 1.807) is 18.2 Å². The van der Waals surface area contributed by atoms with Gasteiger partial charge in [0.05, 0.1) is 16.1 Å². The highest BCUT2D eigenvalue weighted by molar-refractivity contribution is 9.10. The van der Waals surface area contributed by atoms with Crippen molar-refractivity contribution in [2.24, 2.45) is 5.41 Å². The van der Waals surface area contributed by atoms with Crippen LogP contribution in [0.1, 0.15) is 20.3 Å². The van der Waals surface area contributed by atoms with Gasteiger partial charge in [0, 0.05) is 10.9 Å². The maximum atomic E-state index is 11.7. The molecule has 0 saturated carbocycles. The van der Waals surface area contributed by atoms with Gasteiger partial charge in [-0.15, -0.1) is 0 Å². The summed E-state index contributed by atoms with van der Waals surface area (Å²) in [6, 6.07) is 4.08. The molecule has 0 aliphatic carbocycles. The van der Waals surface area contributed by atoms with Crippen molar-refractivity contribution in [1.29, 1.82) is 0 Å². The second-order valence-electron chi connectivity index (χ2n) is 4.99. The van der Waals surface area contributed by atoms with Gasteiger partial charge >= 0.3 is 12.0 Å². The molecule has 6 nitrogen and oxygen atoms in total. The van der Waals surface area contributed by atoms with Gasteiger partial charge in [0.15, 0.2) is 0 Å². The van der Waals surface area contributed by atoms with Crippen LogP contribution >= 0.6 is 27.5 Å². The molecule has 1 rings (SSSR count). The number of hydrogen-bond donors (Lipinski definition) is 3. The van der Waals surface area contributed by atoms with Crippen molar-refractivity contribution in [3.63, 3.8) is 0 Å². The van der Waals surface area contributed by atoms with E-state index >= 15 is 0 Å². The van der Waals surface area contributed by atoms with Crippen LogP contribution in [0.15, 0.2) is 22.7 Å². The van der Waals surface area contributed by atoms with Gasteiger partial charge in [-0.05, 0) is 32.0 Å². The Balaban J connectivity index is 2.64. The number of rotatable bonds is 4. The number of halogens is 2. The Labute approximate surface area is 135 Å². The third-order valence-corrected chi connectivity index (χ3v) is 3.43.